The highest BCUT2D eigenvalue weighted by Gasteiger charge is 2.18. The highest BCUT2D eigenvalue weighted by atomic mass is 16.5. The maximum absolute atomic E-state index is 12.7. The molecule has 0 saturated carbocycles. The number of aryl methyl sites for hydroxylation is 2. The summed E-state index contributed by atoms with van der Waals surface area (Å²) >= 11 is 0. The second-order valence-corrected chi connectivity index (χ2v) is 6.41. The Labute approximate surface area is 166 Å². The molecule has 2 aromatic carbocycles. The Morgan fingerprint density at radius 2 is 1.62 bits per heavy atom. The van der Waals surface area contributed by atoms with E-state index in [-0.39, 0.29) is 11.6 Å². The van der Waals surface area contributed by atoms with Gasteiger partial charge in [-0.3, -0.25) is 4.79 Å². The Hall–Kier alpha value is -4.00. The first-order chi connectivity index (χ1) is 14.0. The number of carbonyl (C=O) groups excluding carboxylic acids is 1. The van der Waals surface area contributed by atoms with E-state index in [1.54, 1.807) is 50.2 Å². The molecule has 7 heteroatoms. The van der Waals surface area contributed by atoms with Crippen LogP contribution in [0.15, 0.2) is 69.9 Å². The number of para-hydroxylation sites is 2. The minimum absolute atomic E-state index is 0.0906. The molecule has 0 aliphatic rings. The molecule has 0 saturated heterocycles. The van der Waals surface area contributed by atoms with Crippen LogP contribution < -0.4 is 15.7 Å². The van der Waals surface area contributed by atoms with E-state index >= 15 is 0 Å². The lowest BCUT2D eigenvalue weighted by Crippen LogP contribution is -2.22. The molecule has 0 unspecified atom stereocenters. The predicted octanol–water partition coefficient (Wildman–Crippen LogP) is 4.24. The average molecular weight is 387 g/mol. The second kappa shape index (κ2) is 7.55. The van der Waals surface area contributed by atoms with Crippen molar-refractivity contribution in [3.05, 3.63) is 88.0 Å². The van der Waals surface area contributed by atoms with Gasteiger partial charge in [0, 0.05) is 5.39 Å². The Morgan fingerprint density at radius 3 is 2.34 bits per heavy atom. The lowest BCUT2D eigenvalue weighted by Gasteiger charge is -2.12. The van der Waals surface area contributed by atoms with Gasteiger partial charge in [-0.25, -0.2) is 4.79 Å². The molecule has 0 radical (unpaired) electrons. The van der Waals surface area contributed by atoms with Crippen molar-refractivity contribution < 1.29 is 13.9 Å². The van der Waals surface area contributed by atoms with Crippen LogP contribution in [-0.2, 0) is 0 Å². The summed E-state index contributed by atoms with van der Waals surface area (Å²) in [6.45, 7) is 3.45. The van der Waals surface area contributed by atoms with Crippen LogP contribution in [0.4, 0.5) is 5.69 Å². The Bertz CT molecular complexity index is 1240. The van der Waals surface area contributed by atoms with Crippen molar-refractivity contribution >= 4 is 22.6 Å². The minimum atomic E-state index is -0.707. The lowest BCUT2D eigenvalue weighted by molar-refractivity contribution is 0.102. The van der Waals surface area contributed by atoms with Gasteiger partial charge in [-0.1, -0.05) is 36.4 Å². The fourth-order valence-electron chi connectivity index (χ4n) is 2.91. The van der Waals surface area contributed by atoms with Crippen molar-refractivity contribution in [1.29, 1.82) is 0 Å². The largest absolute Gasteiger partial charge is 0.424 e. The van der Waals surface area contributed by atoms with Crippen LogP contribution in [0.3, 0.4) is 0 Å². The van der Waals surface area contributed by atoms with Gasteiger partial charge in [0.2, 0.25) is 0 Å². The fraction of sp³-hybridized carbons (Fsp3) is 0.0909. The van der Waals surface area contributed by atoms with Gasteiger partial charge in [0.1, 0.15) is 16.9 Å². The van der Waals surface area contributed by atoms with E-state index in [2.05, 4.69) is 15.3 Å². The summed E-state index contributed by atoms with van der Waals surface area (Å²) < 4.78 is 10.9. The summed E-state index contributed by atoms with van der Waals surface area (Å²) in [4.78, 5) is 33.5. The SMILES string of the molecule is Cc1nc(Oc2ccccc2)nc(C)c1NC(=O)c1cc2ccccc2oc1=O. The number of benzene rings is 2. The van der Waals surface area contributed by atoms with Crippen molar-refractivity contribution in [3.63, 3.8) is 0 Å². The van der Waals surface area contributed by atoms with E-state index in [1.807, 2.05) is 18.2 Å². The lowest BCUT2D eigenvalue weighted by atomic mass is 10.1. The molecule has 7 nitrogen and oxygen atoms in total. The van der Waals surface area contributed by atoms with Gasteiger partial charge < -0.3 is 14.5 Å². The number of amides is 1. The van der Waals surface area contributed by atoms with Crippen molar-refractivity contribution in [2.45, 2.75) is 13.8 Å². The number of ether oxygens (including phenoxy) is 1. The minimum Gasteiger partial charge on any atom is -0.424 e. The summed E-state index contributed by atoms with van der Waals surface area (Å²) in [5, 5.41) is 3.37. The van der Waals surface area contributed by atoms with Gasteiger partial charge in [0.15, 0.2) is 0 Å². The first-order valence-corrected chi connectivity index (χ1v) is 8.93. The van der Waals surface area contributed by atoms with E-state index < -0.39 is 11.5 Å². The summed E-state index contributed by atoms with van der Waals surface area (Å²) in [5.41, 5.74) is 1.08. The molecular weight excluding hydrogens is 370 g/mol. The van der Waals surface area contributed by atoms with Crippen molar-refractivity contribution in [3.8, 4) is 11.8 Å². The molecule has 2 heterocycles. The molecule has 144 valence electrons. The summed E-state index contributed by atoms with van der Waals surface area (Å²) in [5.74, 6) is 0.0212. The number of anilines is 1. The average Bonchev–Trinajstić information content (AvgIpc) is 2.71. The molecule has 1 N–H and O–H groups in total. The number of hydrogen-bond acceptors (Lipinski definition) is 6. The van der Waals surface area contributed by atoms with Crippen LogP contribution in [-0.4, -0.2) is 15.9 Å². The smallest absolute Gasteiger partial charge is 0.349 e. The first-order valence-electron chi connectivity index (χ1n) is 8.93. The zero-order valence-corrected chi connectivity index (χ0v) is 15.8. The zero-order valence-electron chi connectivity index (χ0n) is 15.8. The normalized spacial score (nSPS) is 10.7. The first kappa shape index (κ1) is 18.4. The topological polar surface area (TPSA) is 94.3 Å². The number of hydrogen-bond donors (Lipinski definition) is 1. The van der Waals surface area contributed by atoms with Crippen molar-refractivity contribution in [2.24, 2.45) is 0 Å². The van der Waals surface area contributed by atoms with Gasteiger partial charge in [-0.15, -0.1) is 0 Å². The third-order valence-electron chi connectivity index (χ3n) is 4.33. The monoisotopic (exact) mass is 387 g/mol. The van der Waals surface area contributed by atoms with Crippen molar-refractivity contribution in [1.82, 2.24) is 9.97 Å². The van der Waals surface area contributed by atoms with Crippen LogP contribution in [0.2, 0.25) is 0 Å². The van der Waals surface area contributed by atoms with Gasteiger partial charge in [-0.2, -0.15) is 9.97 Å². The number of fused-ring (bicyclic) bond motifs is 1. The zero-order chi connectivity index (χ0) is 20.4. The Balaban J connectivity index is 1.61. The Kier molecular flexibility index (Phi) is 4.78. The predicted molar refractivity (Wildman–Crippen MR) is 108 cm³/mol. The molecule has 4 rings (SSSR count). The molecule has 0 fully saturated rings. The molecule has 0 aliphatic carbocycles. The van der Waals surface area contributed by atoms with Crippen LogP contribution in [0.25, 0.3) is 11.0 Å². The molecule has 29 heavy (non-hydrogen) atoms. The molecule has 0 bridgehead atoms. The number of aromatic nitrogens is 2. The highest BCUT2D eigenvalue weighted by molar-refractivity contribution is 6.05. The maximum atomic E-state index is 12.7. The molecule has 2 aromatic heterocycles. The number of carbonyl (C=O) groups is 1. The van der Waals surface area contributed by atoms with Gasteiger partial charge in [-0.05, 0) is 38.1 Å². The number of nitrogens with one attached hydrogen (secondary N) is 1. The maximum Gasteiger partial charge on any atom is 0.349 e. The standard InChI is InChI=1S/C22H17N3O4/c1-13-19(14(2)24-22(23-13)28-16-9-4-3-5-10-16)25-20(26)17-12-15-8-6-7-11-18(15)29-21(17)27/h3-12H,1-2H3,(H,25,26). The fourth-order valence-corrected chi connectivity index (χ4v) is 2.91. The summed E-state index contributed by atoms with van der Waals surface area (Å²) in [7, 11) is 0. The van der Waals surface area contributed by atoms with Crippen molar-refractivity contribution in [2.75, 3.05) is 5.32 Å². The highest BCUT2D eigenvalue weighted by Crippen LogP contribution is 2.24. The van der Waals surface area contributed by atoms with E-state index in [0.29, 0.717) is 33.8 Å². The third-order valence-corrected chi connectivity index (χ3v) is 4.33. The van der Waals surface area contributed by atoms with Gasteiger partial charge in [0.25, 0.3) is 5.91 Å². The van der Waals surface area contributed by atoms with E-state index in [1.165, 1.54) is 6.07 Å². The van der Waals surface area contributed by atoms with E-state index in [0.717, 1.165) is 0 Å². The molecule has 4 aromatic rings. The Morgan fingerprint density at radius 1 is 0.966 bits per heavy atom. The van der Waals surface area contributed by atoms with Crippen LogP contribution >= 0.6 is 0 Å². The van der Waals surface area contributed by atoms with E-state index in [4.69, 9.17) is 9.15 Å². The molecule has 0 aliphatic heterocycles. The quantitative estimate of drug-likeness (QED) is 0.526. The second-order valence-electron chi connectivity index (χ2n) is 6.41. The number of nitrogens with zero attached hydrogens (tertiary/aromatic N) is 2. The molecule has 0 atom stereocenters. The summed E-state index contributed by atoms with van der Waals surface area (Å²) in [6, 6.07) is 17.8. The third kappa shape index (κ3) is 3.84. The van der Waals surface area contributed by atoms with Crippen LogP contribution in [0, 0.1) is 13.8 Å². The van der Waals surface area contributed by atoms with Gasteiger partial charge >= 0.3 is 11.6 Å². The van der Waals surface area contributed by atoms with Crippen LogP contribution in [0.1, 0.15) is 21.7 Å². The molecule has 1 amide bonds. The van der Waals surface area contributed by atoms with Gasteiger partial charge in [0.05, 0.1) is 17.1 Å². The van der Waals surface area contributed by atoms with E-state index in [9.17, 15) is 9.59 Å². The van der Waals surface area contributed by atoms with Crippen LogP contribution in [0.5, 0.6) is 11.8 Å². The molecule has 0 spiro atoms. The number of rotatable bonds is 4. The summed E-state index contributed by atoms with van der Waals surface area (Å²) in [6.07, 6.45) is 0. The molecular formula is C22H17N3O4.